The molecular weight excluding hydrogens is 522 g/mol. The van der Waals surface area contributed by atoms with Crippen molar-refractivity contribution in [1.29, 1.82) is 0 Å². The standard InChI is InChI=1S/C4H13N3.5C2H4O2.Eu/c5-1-3-7-4-2-6;5*1-2(3)4;/h7H,1-6H2;5*1H3,(H,3,4);. The topological polar surface area (TPSA) is 251 Å². The van der Waals surface area contributed by atoms with Crippen LogP contribution in [0.4, 0.5) is 0 Å². The first kappa shape index (κ1) is 45.5. The summed E-state index contributed by atoms with van der Waals surface area (Å²) in [5.41, 5.74) is 10.3. The van der Waals surface area contributed by atoms with Crippen molar-refractivity contribution >= 4 is 29.8 Å². The molecule has 0 spiro atoms. The summed E-state index contributed by atoms with van der Waals surface area (Å²) in [4.78, 5) is 45.0. The van der Waals surface area contributed by atoms with Gasteiger partial charge in [-0.15, -0.1) is 0 Å². The number of carbonyl (C=O) groups is 5. The van der Waals surface area contributed by atoms with Gasteiger partial charge in [0.2, 0.25) is 0 Å². The fourth-order valence-electron chi connectivity index (χ4n) is 0.329. The molecule has 171 valence electrons. The zero-order valence-corrected chi connectivity index (χ0v) is 19.1. The number of nitrogens with two attached hydrogens (primary N) is 2. The molecule has 0 aromatic carbocycles. The number of rotatable bonds is 4. The summed E-state index contributed by atoms with van der Waals surface area (Å²) >= 11 is 0. The minimum atomic E-state index is -0.833. The number of carboxylic acid groups (broad SMARTS) is 5. The van der Waals surface area contributed by atoms with Crippen LogP contribution in [0.1, 0.15) is 34.6 Å². The van der Waals surface area contributed by atoms with Crippen molar-refractivity contribution in [3.05, 3.63) is 0 Å². The normalized spacial score (nSPS) is 6.82. The second kappa shape index (κ2) is 44.9. The molecular formula is C14H33EuN3O10. The van der Waals surface area contributed by atoms with Crippen LogP contribution in [0.3, 0.4) is 0 Å². The maximum Gasteiger partial charge on any atom is 0.300 e. The van der Waals surface area contributed by atoms with Gasteiger partial charge in [0.25, 0.3) is 29.8 Å². The fourth-order valence-corrected chi connectivity index (χ4v) is 0.329. The molecule has 0 aliphatic rings. The minimum absolute atomic E-state index is 0. The molecule has 0 fully saturated rings. The first-order chi connectivity index (χ1) is 12.1. The van der Waals surface area contributed by atoms with E-state index in [4.69, 9.17) is 61.0 Å². The number of hydrogen-bond acceptors (Lipinski definition) is 8. The van der Waals surface area contributed by atoms with Gasteiger partial charge in [0.1, 0.15) is 0 Å². The summed E-state index contributed by atoms with van der Waals surface area (Å²) in [6, 6.07) is 0. The van der Waals surface area contributed by atoms with E-state index in [1.54, 1.807) is 0 Å². The van der Waals surface area contributed by atoms with Gasteiger partial charge in [-0.25, -0.2) is 0 Å². The Labute approximate surface area is 205 Å². The minimum Gasteiger partial charge on any atom is -0.481 e. The molecule has 14 heteroatoms. The number of aliphatic carboxylic acids is 5. The molecule has 0 amide bonds. The Balaban J connectivity index is -0.0000000382. The van der Waals surface area contributed by atoms with Crippen molar-refractivity contribution in [1.82, 2.24) is 5.32 Å². The predicted molar refractivity (Wildman–Crippen MR) is 97.5 cm³/mol. The summed E-state index contributed by atoms with van der Waals surface area (Å²) in [7, 11) is 0. The van der Waals surface area contributed by atoms with E-state index in [9.17, 15) is 0 Å². The monoisotopic (exact) mass is 556 g/mol. The second-order valence-corrected chi connectivity index (χ2v) is 3.92. The van der Waals surface area contributed by atoms with Crippen molar-refractivity contribution in [3.63, 3.8) is 0 Å². The van der Waals surface area contributed by atoms with E-state index < -0.39 is 29.8 Å². The van der Waals surface area contributed by atoms with Crippen LogP contribution in [0.15, 0.2) is 0 Å². The van der Waals surface area contributed by atoms with E-state index in [0.717, 1.165) is 47.7 Å². The molecule has 0 saturated heterocycles. The first-order valence-corrected chi connectivity index (χ1v) is 7.16. The first-order valence-electron chi connectivity index (χ1n) is 7.16. The van der Waals surface area contributed by atoms with Crippen molar-refractivity contribution in [2.75, 3.05) is 26.2 Å². The molecule has 0 heterocycles. The Morgan fingerprint density at radius 1 is 0.571 bits per heavy atom. The van der Waals surface area contributed by atoms with Crippen molar-refractivity contribution < 1.29 is 98.9 Å². The van der Waals surface area contributed by atoms with Crippen molar-refractivity contribution in [2.24, 2.45) is 11.5 Å². The van der Waals surface area contributed by atoms with E-state index in [2.05, 4.69) is 5.32 Å². The summed E-state index contributed by atoms with van der Waals surface area (Å²) in [5.74, 6) is -4.17. The van der Waals surface area contributed by atoms with Crippen molar-refractivity contribution in [2.45, 2.75) is 34.6 Å². The molecule has 0 rings (SSSR count). The van der Waals surface area contributed by atoms with Gasteiger partial charge in [0.05, 0.1) is 0 Å². The van der Waals surface area contributed by atoms with Gasteiger partial charge < -0.3 is 42.3 Å². The molecule has 0 saturated carbocycles. The van der Waals surface area contributed by atoms with Gasteiger partial charge in [-0.05, 0) is 0 Å². The Bertz CT molecular complexity index is 289. The van der Waals surface area contributed by atoms with Gasteiger partial charge >= 0.3 is 0 Å². The molecule has 0 bridgehead atoms. The largest absolute Gasteiger partial charge is 0.481 e. The molecule has 0 aromatic rings. The molecule has 0 unspecified atom stereocenters. The van der Waals surface area contributed by atoms with Crippen LogP contribution < -0.4 is 16.8 Å². The van der Waals surface area contributed by atoms with Crippen LogP contribution in [0, 0.1) is 49.4 Å². The van der Waals surface area contributed by atoms with Gasteiger partial charge in [-0.2, -0.15) is 0 Å². The molecule has 0 aliphatic carbocycles. The molecule has 0 atom stereocenters. The Morgan fingerprint density at radius 3 is 0.750 bits per heavy atom. The Hall–Kier alpha value is -1.19. The summed E-state index contributed by atoms with van der Waals surface area (Å²) < 4.78 is 0. The Morgan fingerprint density at radius 2 is 0.679 bits per heavy atom. The summed E-state index contributed by atoms with van der Waals surface area (Å²) in [6.45, 7) is 8.55. The molecule has 28 heavy (non-hydrogen) atoms. The van der Waals surface area contributed by atoms with Gasteiger partial charge in [0.15, 0.2) is 0 Å². The van der Waals surface area contributed by atoms with Crippen molar-refractivity contribution in [3.8, 4) is 0 Å². The van der Waals surface area contributed by atoms with Gasteiger partial charge in [0, 0.05) is 110 Å². The van der Waals surface area contributed by atoms with Crippen LogP contribution >= 0.6 is 0 Å². The maximum absolute atomic E-state index is 9.00. The number of hydrogen-bond donors (Lipinski definition) is 8. The van der Waals surface area contributed by atoms with E-state index >= 15 is 0 Å². The van der Waals surface area contributed by atoms with E-state index in [1.807, 2.05) is 0 Å². The van der Waals surface area contributed by atoms with E-state index in [0.29, 0.717) is 13.1 Å². The quantitative estimate of drug-likeness (QED) is 0.193. The Kier molecular flexibility index (Phi) is 73.0. The molecule has 10 N–H and O–H groups in total. The summed E-state index contributed by atoms with van der Waals surface area (Å²) in [6.07, 6.45) is 0. The molecule has 13 nitrogen and oxygen atoms in total. The van der Waals surface area contributed by atoms with Crippen LogP contribution in [0.5, 0.6) is 0 Å². The third-order valence-corrected chi connectivity index (χ3v) is 0.642. The average Bonchev–Trinajstić information content (AvgIpc) is 2.35. The molecule has 0 aliphatic heterocycles. The van der Waals surface area contributed by atoms with Crippen LogP contribution in [-0.4, -0.2) is 81.6 Å². The van der Waals surface area contributed by atoms with E-state index in [-0.39, 0.29) is 49.4 Å². The zero-order valence-electron chi connectivity index (χ0n) is 16.6. The number of nitrogens with one attached hydrogen (secondary N) is 1. The second-order valence-electron chi connectivity index (χ2n) is 3.92. The molecule has 0 aromatic heterocycles. The average molecular weight is 555 g/mol. The third kappa shape index (κ3) is 1780. The smallest absolute Gasteiger partial charge is 0.300 e. The van der Waals surface area contributed by atoms with Crippen LogP contribution in [0.2, 0.25) is 0 Å². The predicted octanol–water partition coefficient (Wildman–Crippen LogP) is -1.05. The molecule has 1 radical (unpaired) electrons. The van der Waals surface area contributed by atoms with Crippen LogP contribution in [0.25, 0.3) is 0 Å². The van der Waals surface area contributed by atoms with Gasteiger partial charge in [-0.1, -0.05) is 0 Å². The third-order valence-electron chi connectivity index (χ3n) is 0.642. The SMILES string of the molecule is CC(=O)O.CC(=O)O.CC(=O)O.CC(=O)O.CC(=O)O.NCCNCCN.[Eu]. The van der Waals surface area contributed by atoms with E-state index in [1.165, 1.54) is 0 Å². The fraction of sp³-hybridized carbons (Fsp3) is 0.643. The van der Waals surface area contributed by atoms with Gasteiger partial charge in [-0.3, -0.25) is 24.0 Å². The zero-order chi connectivity index (χ0) is 23.4. The summed E-state index contributed by atoms with van der Waals surface area (Å²) in [5, 5.41) is 40.1. The maximum atomic E-state index is 9.00. The number of carboxylic acids is 5. The van der Waals surface area contributed by atoms with Crippen LogP contribution in [-0.2, 0) is 24.0 Å².